The monoisotopic (exact) mass is 260 g/mol. The Morgan fingerprint density at radius 1 is 1.00 bits per heavy atom. The average molecular weight is 261 g/mol. The first-order valence-corrected chi connectivity index (χ1v) is 6.56. The van der Waals surface area contributed by atoms with Crippen LogP contribution in [-0.4, -0.2) is 0 Å². The van der Waals surface area contributed by atoms with Crippen LogP contribution in [-0.2, 0) is 12.5 Å². The molecule has 2 aromatic carbocycles. The van der Waals surface area contributed by atoms with E-state index < -0.39 is 0 Å². The van der Waals surface area contributed by atoms with Crippen molar-refractivity contribution in [2.75, 3.05) is 0 Å². The van der Waals surface area contributed by atoms with E-state index in [2.05, 4.69) is 38.1 Å². The molecule has 0 spiro atoms. The third kappa shape index (κ3) is 3.27. The SMILES string of the molecule is Cc1cccc(COc2ccc(C)cc2CCl)c1. The van der Waals surface area contributed by atoms with Gasteiger partial charge in [-0.2, -0.15) is 0 Å². The molecule has 2 heteroatoms. The summed E-state index contributed by atoms with van der Waals surface area (Å²) in [5, 5.41) is 0. The lowest BCUT2D eigenvalue weighted by Crippen LogP contribution is -1.98. The highest BCUT2D eigenvalue weighted by Gasteiger charge is 2.03. The van der Waals surface area contributed by atoms with E-state index in [9.17, 15) is 0 Å². The van der Waals surface area contributed by atoms with Crippen LogP contribution in [0.1, 0.15) is 22.3 Å². The van der Waals surface area contributed by atoms with E-state index in [-0.39, 0.29) is 0 Å². The van der Waals surface area contributed by atoms with Crippen LogP contribution in [0.3, 0.4) is 0 Å². The molecule has 0 N–H and O–H groups in total. The molecule has 18 heavy (non-hydrogen) atoms. The fourth-order valence-corrected chi connectivity index (χ4v) is 2.13. The van der Waals surface area contributed by atoms with Crippen molar-refractivity contribution in [3.63, 3.8) is 0 Å². The lowest BCUT2D eigenvalue weighted by molar-refractivity contribution is 0.303. The first-order chi connectivity index (χ1) is 8.69. The van der Waals surface area contributed by atoms with Gasteiger partial charge in [-0.05, 0) is 25.5 Å². The summed E-state index contributed by atoms with van der Waals surface area (Å²) in [6.45, 7) is 4.72. The van der Waals surface area contributed by atoms with Gasteiger partial charge < -0.3 is 4.74 Å². The van der Waals surface area contributed by atoms with Crippen LogP contribution in [0.5, 0.6) is 5.75 Å². The van der Waals surface area contributed by atoms with E-state index in [1.807, 2.05) is 18.2 Å². The smallest absolute Gasteiger partial charge is 0.124 e. The van der Waals surface area contributed by atoms with Crippen LogP contribution in [0.25, 0.3) is 0 Å². The topological polar surface area (TPSA) is 9.23 Å². The summed E-state index contributed by atoms with van der Waals surface area (Å²) in [4.78, 5) is 0. The molecule has 0 saturated heterocycles. The zero-order chi connectivity index (χ0) is 13.0. The van der Waals surface area contributed by atoms with E-state index in [0.29, 0.717) is 12.5 Å². The van der Waals surface area contributed by atoms with Gasteiger partial charge in [0.05, 0.1) is 5.88 Å². The van der Waals surface area contributed by atoms with Crippen molar-refractivity contribution in [1.82, 2.24) is 0 Å². The van der Waals surface area contributed by atoms with Crippen LogP contribution in [0.4, 0.5) is 0 Å². The minimum atomic E-state index is 0.477. The largest absolute Gasteiger partial charge is 0.489 e. The molecule has 2 aromatic rings. The Labute approximate surface area is 113 Å². The molecule has 0 saturated carbocycles. The second kappa shape index (κ2) is 5.92. The van der Waals surface area contributed by atoms with Crippen molar-refractivity contribution in [3.8, 4) is 5.75 Å². The quantitative estimate of drug-likeness (QED) is 0.729. The van der Waals surface area contributed by atoms with E-state index in [0.717, 1.165) is 11.3 Å². The van der Waals surface area contributed by atoms with Gasteiger partial charge >= 0.3 is 0 Å². The molecule has 0 fully saturated rings. The summed E-state index contributed by atoms with van der Waals surface area (Å²) in [7, 11) is 0. The Hall–Kier alpha value is -1.47. The molecule has 0 amide bonds. The minimum Gasteiger partial charge on any atom is -0.489 e. The van der Waals surface area contributed by atoms with E-state index in [1.165, 1.54) is 16.7 Å². The van der Waals surface area contributed by atoms with Crippen LogP contribution >= 0.6 is 11.6 Å². The van der Waals surface area contributed by atoms with Gasteiger partial charge in [-0.1, -0.05) is 47.5 Å². The minimum absolute atomic E-state index is 0.477. The summed E-state index contributed by atoms with van der Waals surface area (Å²) in [6.07, 6.45) is 0. The van der Waals surface area contributed by atoms with E-state index in [1.54, 1.807) is 0 Å². The number of rotatable bonds is 4. The molecule has 94 valence electrons. The highest BCUT2D eigenvalue weighted by atomic mass is 35.5. The third-order valence-corrected chi connectivity index (χ3v) is 3.12. The van der Waals surface area contributed by atoms with Crippen LogP contribution in [0, 0.1) is 13.8 Å². The molecule has 0 unspecified atom stereocenters. The average Bonchev–Trinajstić information content (AvgIpc) is 2.37. The molecule has 0 aliphatic carbocycles. The number of benzene rings is 2. The number of ether oxygens (including phenoxy) is 1. The van der Waals surface area contributed by atoms with Gasteiger partial charge in [-0.3, -0.25) is 0 Å². The lowest BCUT2D eigenvalue weighted by Gasteiger charge is -2.11. The van der Waals surface area contributed by atoms with Crippen molar-refractivity contribution in [2.45, 2.75) is 26.3 Å². The molecule has 0 aliphatic heterocycles. The lowest BCUT2D eigenvalue weighted by atomic mass is 10.1. The van der Waals surface area contributed by atoms with Gasteiger partial charge in [0.15, 0.2) is 0 Å². The van der Waals surface area contributed by atoms with Gasteiger partial charge in [-0.25, -0.2) is 0 Å². The van der Waals surface area contributed by atoms with Crippen molar-refractivity contribution < 1.29 is 4.74 Å². The first kappa shape index (κ1) is 13.0. The summed E-state index contributed by atoms with van der Waals surface area (Å²) in [5.74, 6) is 1.35. The van der Waals surface area contributed by atoms with Gasteiger partial charge in [0.2, 0.25) is 0 Å². The number of aryl methyl sites for hydroxylation is 2. The maximum Gasteiger partial charge on any atom is 0.124 e. The van der Waals surface area contributed by atoms with Gasteiger partial charge in [0.1, 0.15) is 12.4 Å². The second-order valence-corrected chi connectivity index (χ2v) is 4.79. The number of halogens is 1. The van der Waals surface area contributed by atoms with Gasteiger partial charge in [0, 0.05) is 5.56 Å². The van der Waals surface area contributed by atoms with Crippen LogP contribution < -0.4 is 4.74 Å². The Kier molecular flexibility index (Phi) is 4.27. The summed E-state index contributed by atoms with van der Waals surface area (Å²) >= 11 is 5.93. The molecular formula is C16H17ClO. The van der Waals surface area contributed by atoms with Crippen molar-refractivity contribution >= 4 is 11.6 Å². The summed E-state index contributed by atoms with van der Waals surface area (Å²) < 4.78 is 5.84. The zero-order valence-electron chi connectivity index (χ0n) is 10.7. The fraction of sp³-hybridized carbons (Fsp3) is 0.250. The molecule has 0 heterocycles. The van der Waals surface area contributed by atoms with Crippen molar-refractivity contribution in [1.29, 1.82) is 0 Å². The maximum atomic E-state index is 5.93. The molecular weight excluding hydrogens is 244 g/mol. The molecule has 0 atom stereocenters. The van der Waals surface area contributed by atoms with E-state index in [4.69, 9.17) is 16.3 Å². The Bertz CT molecular complexity index is 534. The van der Waals surface area contributed by atoms with E-state index >= 15 is 0 Å². The Balaban J connectivity index is 2.10. The van der Waals surface area contributed by atoms with Crippen molar-refractivity contribution in [3.05, 3.63) is 64.7 Å². The molecule has 1 nitrogen and oxygen atoms in total. The first-order valence-electron chi connectivity index (χ1n) is 6.03. The molecule has 2 rings (SSSR count). The normalized spacial score (nSPS) is 10.4. The molecule has 0 bridgehead atoms. The van der Waals surface area contributed by atoms with Crippen LogP contribution in [0.2, 0.25) is 0 Å². The van der Waals surface area contributed by atoms with Crippen molar-refractivity contribution in [2.24, 2.45) is 0 Å². The molecule has 0 aromatic heterocycles. The maximum absolute atomic E-state index is 5.93. The Morgan fingerprint density at radius 3 is 2.50 bits per heavy atom. The Morgan fingerprint density at radius 2 is 1.78 bits per heavy atom. The third-order valence-electron chi connectivity index (χ3n) is 2.84. The zero-order valence-corrected chi connectivity index (χ0v) is 11.5. The summed E-state index contributed by atoms with van der Waals surface area (Å²) in [5.41, 5.74) is 4.67. The predicted molar refractivity (Wildman–Crippen MR) is 76.2 cm³/mol. The number of hydrogen-bond acceptors (Lipinski definition) is 1. The highest BCUT2D eigenvalue weighted by Crippen LogP contribution is 2.23. The standard InChI is InChI=1S/C16H17ClO/c1-12-4-3-5-14(8-12)11-18-16-7-6-13(2)9-15(16)10-17/h3-9H,10-11H2,1-2H3. The molecule has 0 aliphatic rings. The highest BCUT2D eigenvalue weighted by molar-refractivity contribution is 6.17. The van der Waals surface area contributed by atoms with Gasteiger partial charge in [-0.15, -0.1) is 11.6 Å². The number of hydrogen-bond donors (Lipinski definition) is 0. The fourth-order valence-electron chi connectivity index (χ4n) is 1.92. The summed E-state index contributed by atoms with van der Waals surface area (Å²) in [6, 6.07) is 14.4. The predicted octanol–water partition coefficient (Wildman–Crippen LogP) is 4.62. The molecule has 0 radical (unpaired) electrons. The van der Waals surface area contributed by atoms with Gasteiger partial charge in [0.25, 0.3) is 0 Å². The second-order valence-electron chi connectivity index (χ2n) is 4.52. The number of alkyl halides is 1. The van der Waals surface area contributed by atoms with Crippen LogP contribution in [0.15, 0.2) is 42.5 Å².